The van der Waals surface area contributed by atoms with E-state index in [1.54, 1.807) is 0 Å². The van der Waals surface area contributed by atoms with Crippen LogP contribution < -0.4 is 11.1 Å². The summed E-state index contributed by atoms with van der Waals surface area (Å²) in [5, 5.41) is 8.25. The first kappa shape index (κ1) is 21.8. The van der Waals surface area contributed by atoms with Gasteiger partial charge in [0, 0.05) is 41.5 Å². The van der Waals surface area contributed by atoms with E-state index in [9.17, 15) is 4.79 Å². The van der Waals surface area contributed by atoms with Crippen molar-refractivity contribution in [2.75, 3.05) is 11.1 Å². The number of nitrogens with one attached hydrogen (secondary N) is 1. The molecular formula is C28H31N5O2. The molecule has 1 amide bonds. The molecule has 6 rings (SSSR count). The van der Waals surface area contributed by atoms with Gasteiger partial charge in [-0.15, -0.1) is 0 Å². The molecule has 2 aliphatic carbocycles. The fourth-order valence-electron chi connectivity index (χ4n) is 5.16. The van der Waals surface area contributed by atoms with Gasteiger partial charge in [-0.1, -0.05) is 24.3 Å². The molecule has 7 nitrogen and oxygen atoms in total. The lowest BCUT2D eigenvalue weighted by molar-refractivity contribution is 0.108. The third kappa shape index (κ3) is 3.95. The first-order valence-corrected chi connectivity index (χ1v) is 12.5. The highest BCUT2D eigenvalue weighted by molar-refractivity contribution is 6.02. The smallest absolute Gasteiger partial charge is 0.411 e. The van der Waals surface area contributed by atoms with Gasteiger partial charge in [0.1, 0.15) is 6.10 Å². The van der Waals surface area contributed by atoms with Crippen molar-refractivity contribution in [1.29, 1.82) is 0 Å². The average molecular weight is 470 g/mol. The number of benzene rings is 2. The van der Waals surface area contributed by atoms with Gasteiger partial charge in [0.25, 0.3) is 0 Å². The van der Waals surface area contributed by atoms with Gasteiger partial charge in [-0.2, -0.15) is 5.10 Å². The number of nitrogen functional groups attached to an aromatic ring is 1. The second-order valence-corrected chi connectivity index (χ2v) is 9.94. The van der Waals surface area contributed by atoms with Crippen molar-refractivity contribution >= 4 is 28.4 Å². The van der Waals surface area contributed by atoms with Gasteiger partial charge in [0.15, 0.2) is 0 Å². The van der Waals surface area contributed by atoms with Crippen LogP contribution in [0.2, 0.25) is 0 Å². The molecule has 35 heavy (non-hydrogen) atoms. The minimum Gasteiger partial charge on any atom is -0.446 e. The van der Waals surface area contributed by atoms with Crippen LogP contribution in [-0.2, 0) is 11.8 Å². The number of amides is 1. The van der Waals surface area contributed by atoms with Gasteiger partial charge in [-0.25, -0.2) is 4.79 Å². The predicted molar refractivity (Wildman–Crippen MR) is 139 cm³/mol. The number of carbonyl (C=O) groups is 1. The second-order valence-electron chi connectivity index (χ2n) is 9.94. The Balaban J connectivity index is 1.34. The number of hydrogen-bond donors (Lipinski definition) is 2. The topological polar surface area (TPSA) is 87.1 Å². The molecule has 0 radical (unpaired) electrons. The van der Waals surface area contributed by atoms with Gasteiger partial charge in [0.05, 0.1) is 22.6 Å². The number of rotatable bonds is 6. The third-order valence-electron chi connectivity index (χ3n) is 7.58. The zero-order valence-corrected chi connectivity index (χ0v) is 20.2. The van der Waals surface area contributed by atoms with Crippen molar-refractivity contribution in [3.63, 3.8) is 0 Å². The van der Waals surface area contributed by atoms with Crippen molar-refractivity contribution in [3.8, 4) is 22.5 Å². The van der Waals surface area contributed by atoms with Crippen molar-refractivity contribution < 1.29 is 9.53 Å². The van der Waals surface area contributed by atoms with Crippen molar-refractivity contribution in [2.24, 2.45) is 13.0 Å². The maximum Gasteiger partial charge on any atom is 0.411 e. The minimum atomic E-state index is -0.400. The molecule has 2 aromatic carbocycles. The van der Waals surface area contributed by atoms with E-state index < -0.39 is 6.09 Å². The van der Waals surface area contributed by atoms with E-state index in [2.05, 4.69) is 33.2 Å². The summed E-state index contributed by atoms with van der Waals surface area (Å²) in [6.45, 7) is 1.96. The van der Waals surface area contributed by atoms with E-state index in [0.29, 0.717) is 17.6 Å². The molecular weight excluding hydrogens is 438 g/mol. The van der Waals surface area contributed by atoms with E-state index in [1.807, 2.05) is 55.2 Å². The van der Waals surface area contributed by atoms with E-state index in [4.69, 9.17) is 10.5 Å². The molecule has 2 saturated carbocycles. The monoisotopic (exact) mass is 469 g/mol. The molecule has 1 atom stereocenters. The van der Waals surface area contributed by atoms with Crippen LogP contribution in [0.1, 0.15) is 45.1 Å². The molecule has 0 aliphatic heterocycles. The van der Waals surface area contributed by atoms with Crippen LogP contribution in [-0.4, -0.2) is 26.5 Å². The number of fused-ring (bicyclic) bond motifs is 1. The quantitative estimate of drug-likeness (QED) is 0.344. The average Bonchev–Trinajstić information content (AvgIpc) is 3.53. The Morgan fingerprint density at radius 2 is 1.83 bits per heavy atom. The lowest BCUT2D eigenvalue weighted by Crippen LogP contribution is -2.21. The molecule has 0 bridgehead atoms. The van der Waals surface area contributed by atoms with Gasteiger partial charge < -0.3 is 15.0 Å². The fourth-order valence-corrected chi connectivity index (χ4v) is 5.16. The molecule has 4 aromatic rings. The van der Waals surface area contributed by atoms with Gasteiger partial charge in [-0.05, 0) is 69.2 Å². The van der Waals surface area contributed by atoms with E-state index in [1.165, 1.54) is 6.42 Å². The summed E-state index contributed by atoms with van der Waals surface area (Å²) in [5.41, 5.74) is 13.7. The number of nitrogens with zero attached hydrogens (tertiary/aromatic N) is 3. The maximum atomic E-state index is 12.3. The van der Waals surface area contributed by atoms with Crippen LogP contribution in [0.4, 0.5) is 16.2 Å². The first-order valence-electron chi connectivity index (χ1n) is 12.5. The zero-order valence-electron chi connectivity index (χ0n) is 20.2. The summed E-state index contributed by atoms with van der Waals surface area (Å²) >= 11 is 0. The normalized spacial score (nSPS) is 16.7. The second kappa shape index (κ2) is 8.48. The SMILES string of the molecule is C[C@@H](OC(=O)Nc1ccc(-c2c(N)c3ccc(-c4ccnn4C)cc3n2C2CCC2)cc1)C1CC1. The number of anilines is 2. The summed E-state index contributed by atoms with van der Waals surface area (Å²) in [6.07, 6.45) is 7.20. The lowest BCUT2D eigenvalue weighted by atomic mass is 9.92. The Hall–Kier alpha value is -3.74. The first-order chi connectivity index (χ1) is 17.0. The van der Waals surface area contributed by atoms with Crippen LogP contribution in [0.15, 0.2) is 54.7 Å². The highest BCUT2D eigenvalue weighted by Gasteiger charge is 2.31. The Morgan fingerprint density at radius 3 is 2.46 bits per heavy atom. The van der Waals surface area contributed by atoms with Gasteiger partial charge in [0.2, 0.25) is 0 Å². The number of hydrogen-bond acceptors (Lipinski definition) is 4. The summed E-state index contributed by atoms with van der Waals surface area (Å²) < 4.78 is 9.81. The number of carbonyl (C=O) groups excluding carboxylic acids is 1. The number of aryl methyl sites for hydroxylation is 1. The van der Waals surface area contributed by atoms with Crippen LogP contribution >= 0.6 is 0 Å². The molecule has 180 valence electrons. The van der Waals surface area contributed by atoms with Crippen molar-refractivity contribution in [2.45, 2.75) is 51.2 Å². The summed E-state index contributed by atoms with van der Waals surface area (Å²) in [5.74, 6) is 0.512. The fraction of sp³-hybridized carbons (Fsp3) is 0.357. The lowest BCUT2D eigenvalue weighted by Gasteiger charge is -2.30. The van der Waals surface area contributed by atoms with E-state index in [0.717, 1.165) is 64.8 Å². The Labute approximate surface area is 204 Å². The molecule has 3 N–H and O–H groups in total. The largest absolute Gasteiger partial charge is 0.446 e. The Kier molecular flexibility index (Phi) is 5.28. The molecule has 2 aliphatic rings. The number of nitrogens with two attached hydrogens (primary N) is 1. The van der Waals surface area contributed by atoms with Crippen molar-refractivity contribution in [1.82, 2.24) is 14.3 Å². The van der Waals surface area contributed by atoms with Gasteiger partial charge in [-0.3, -0.25) is 10.00 Å². The van der Waals surface area contributed by atoms with Gasteiger partial charge >= 0.3 is 6.09 Å². The van der Waals surface area contributed by atoms with Crippen LogP contribution in [0.3, 0.4) is 0 Å². The summed E-state index contributed by atoms with van der Waals surface area (Å²) in [4.78, 5) is 12.3. The molecule has 0 spiro atoms. The standard InChI is InChI=1S/C28H31N5O2/c1-17(18-6-7-18)35-28(34)31-21-11-8-19(9-12-21)27-26(29)23-13-10-20(24-14-15-30-32(24)2)16-25(23)33(27)22-4-3-5-22/h8-18,22H,3-7,29H2,1-2H3,(H,31,34)/t17-/m1/s1. The molecule has 0 unspecified atom stereocenters. The molecule has 0 saturated heterocycles. The summed E-state index contributed by atoms with van der Waals surface area (Å²) in [6, 6.07) is 16.8. The minimum absolute atomic E-state index is 0.0384. The molecule has 2 fully saturated rings. The predicted octanol–water partition coefficient (Wildman–Crippen LogP) is 6.36. The van der Waals surface area contributed by atoms with E-state index >= 15 is 0 Å². The molecule has 2 heterocycles. The van der Waals surface area contributed by atoms with Crippen LogP contribution in [0, 0.1) is 5.92 Å². The third-order valence-corrected chi connectivity index (χ3v) is 7.58. The van der Waals surface area contributed by atoms with Crippen LogP contribution in [0.5, 0.6) is 0 Å². The highest BCUT2D eigenvalue weighted by atomic mass is 16.6. The number of ether oxygens (including phenoxy) is 1. The Morgan fingerprint density at radius 1 is 1.09 bits per heavy atom. The van der Waals surface area contributed by atoms with Crippen LogP contribution in [0.25, 0.3) is 33.4 Å². The molecule has 7 heteroatoms. The summed E-state index contributed by atoms with van der Waals surface area (Å²) in [7, 11) is 1.96. The maximum absolute atomic E-state index is 12.3. The zero-order chi connectivity index (χ0) is 24.1. The van der Waals surface area contributed by atoms with E-state index in [-0.39, 0.29) is 6.10 Å². The number of aromatic nitrogens is 3. The Bertz CT molecular complexity index is 1390. The van der Waals surface area contributed by atoms with Crippen molar-refractivity contribution in [3.05, 3.63) is 54.7 Å². The highest BCUT2D eigenvalue weighted by Crippen LogP contribution is 2.45. The molecule has 2 aromatic heterocycles.